The molecule has 6 nitrogen and oxygen atoms in total. The smallest absolute Gasteiger partial charge is 0.337 e. The Morgan fingerprint density at radius 3 is 2.07 bits per heavy atom. The summed E-state index contributed by atoms with van der Waals surface area (Å²) in [5.41, 5.74) is 1.73. The summed E-state index contributed by atoms with van der Waals surface area (Å²) in [4.78, 5) is 11.8. The van der Waals surface area contributed by atoms with Gasteiger partial charge >= 0.3 is 5.97 Å². The van der Waals surface area contributed by atoms with Gasteiger partial charge in [0.2, 0.25) is 5.75 Å². The molecular weight excluding hydrogens is 348 g/mol. The molecule has 3 aromatic rings. The van der Waals surface area contributed by atoms with Crippen molar-refractivity contribution in [1.29, 1.82) is 0 Å². The van der Waals surface area contributed by atoms with Gasteiger partial charge in [-0.3, -0.25) is 0 Å². The maximum atomic E-state index is 11.8. The molecule has 0 atom stereocenters. The van der Waals surface area contributed by atoms with E-state index < -0.39 is 5.97 Å². The normalized spacial score (nSPS) is 10.5. The van der Waals surface area contributed by atoms with Gasteiger partial charge in [-0.15, -0.1) is 0 Å². The molecule has 0 saturated carbocycles. The van der Waals surface area contributed by atoms with Crippen LogP contribution in [0.5, 0.6) is 23.0 Å². The fraction of sp³-hybridized carbons (Fsp3) is 0.190. The zero-order chi connectivity index (χ0) is 19.6. The number of esters is 1. The first-order valence-corrected chi connectivity index (χ1v) is 8.18. The van der Waals surface area contributed by atoms with E-state index in [2.05, 4.69) is 0 Å². The van der Waals surface area contributed by atoms with E-state index in [1.54, 1.807) is 42.5 Å². The number of hydrogen-bond donors (Lipinski definition) is 1. The Balaban J connectivity index is 2.27. The number of aromatic hydroxyl groups is 1. The van der Waals surface area contributed by atoms with E-state index in [9.17, 15) is 9.90 Å². The Hall–Kier alpha value is -3.41. The Morgan fingerprint density at radius 2 is 1.52 bits per heavy atom. The van der Waals surface area contributed by atoms with Crippen molar-refractivity contribution in [3.8, 4) is 34.1 Å². The summed E-state index contributed by atoms with van der Waals surface area (Å²) < 4.78 is 21.0. The van der Waals surface area contributed by atoms with Crippen LogP contribution in [-0.4, -0.2) is 39.5 Å². The molecule has 0 aliphatic rings. The number of carbonyl (C=O) groups excluding carboxylic acids is 1. The summed E-state index contributed by atoms with van der Waals surface area (Å²) in [6, 6.07) is 12.0. The van der Waals surface area contributed by atoms with Crippen LogP contribution in [0.3, 0.4) is 0 Å². The van der Waals surface area contributed by atoms with Crippen LogP contribution in [-0.2, 0) is 4.74 Å². The SMILES string of the molecule is COC(=O)c1ccc2c(-c3cc(OC)c(OC)c(OC)c3)c(O)ccc2c1. The summed E-state index contributed by atoms with van der Waals surface area (Å²) in [5.74, 6) is 1.11. The Bertz CT molecular complexity index is 984. The average Bonchev–Trinajstić information content (AvgIpc) is 2.71. The van der Waals surface area contributed by atoms with Crippen molar-refractivity contribution in [2.24, 2.45) is 0 Å². The molecule has 140 valence electrons. The van der Waals surface area contributed by atoms with Crippen LogP contribution in [0.15, 0.2) is 42.5 Å². The number of methoxy groups -OCH3 is 4. The lowest BCUT2D eigenvalue weighted by molar-refractivity contribution is 0.0601. The second-order valence-electron chi connectivity index (χ2n) is 5.80. The number of benzene rings is 3. The van der Waals surface area contributed by atoms with Gasteiger partial charge in [0.1, 0.15) is 5.75 Å². The Kier molecular flexibility index (Phi) is 5.07. The molecule has 0 amide bonds. The molecule has 27 heavy (non-hydrogen) atoms. The van der Waals surface area contributed by atoms with Gasteiger partial charge in [0.15, 0.2) is 11.5 Å². The van der Waals surface area contributed by atoms with Crippen LogP contribution in [0.25, 0.3) is 21.9 Å². The molecule has 0 fully saturated rings. The van der Waals surface area contributed by atoms with Crippen LogP contribution in [0.4, 0.5) is 0 Å². The van der Waals surface area contributed by atoms with Crippen molar-refractivity contribution < 1.29 is 28.8 Å². The minimum absolute atomic E-state index is 0.0996. The average molecular weight is 368 g/mol. The zero-order valence-corrected chi connectivity index (χ0v) is 15.5. The largest absolute Gasteiger partial charge is 0.507 e. The van der Waals surface area contributed by atoms with E-state index in [4.69, 9.17) is 18.9 Å². The molecule has 0 radical (unpaired) electrons. The third kappa shape index (κ3) is 3.21. The monoisotopic (exact) mass is 368 g/mol. The maximum Gasteiger partial charge on any atom is 0.337 e. The zero-order valence-electron chi connectivity index (χ0n) is 15.5. The van der Waals surface area contributed by atoms with Crippen LogP contribution in [0.2, 0.25) is 0 Å². The summed E-state index contributed by atoms with van der Waals surface area (Å²) in [6.45, 7) is 0. The number of phenolic OH excluding ortho intramolecular Hbond substituents is 1. The van der Waals surface area contributed by atoms with Gasteiger partial charge in [-0.25, -0.2) is 4.79 Å². The molecule has 1 N–H and O–H groups in total. The molecule has 0 aliphatic carbocycles. The molecule has 3 rings (SSSR count). The van der Waals surface area contributed by atoms with Gasteiger partial charge in [-0.1, -0.05) is 12.1 Å². The molecule has 3 aromatic carbocycles. The van der Waals surface area contributed by atoms with Crippen molar-refractivity contribution in [2.75, 3.05) is 28.4 Å². The summed E-state index contributed by atoms with van der Waals surface area (Å²) in [5, 5.41) is 12.1. The van der Waals surface area contributed by atoms with Gasteiger partial charge < -0.3 is 24.1 Å². The van der Waals surface area contributed by atoms with Crippen molar-refractivity contribution >= 4 is 16.7 Å². The summed E-state index contributed by atoms with van der Waals surface area (Å²) in [6.07, 6.45) is 0. The molecule has 6 heteroatoms. The molecule has 0 heterocycles. The van der Waals surface area contributed by atoms with Crippen LogP contribution in [0, 0.1) is 0 Å². The molecule has 0 bridgehead atoms. The molecular formula is C21H20O6. The highest BCUT2D eigenvalue weighted by Gasteiger charge is 2.18. The standard InChI is InChI=1S/C21H20O6/c1-24-17-10-14(11-18(25-2)20(17)26-3)19-15-7-5-13(21(23)27-4)9-12(15)6-8-16(19)22/h5-11,22H,1-4H3. The molecule has 0 spiro atoms. The topological polar surface area (TPSA) is 74.2 Å². The first kappa shape index (κ1) is 18.4. The van der Waals surface area contributed by atoms with Gasteiger partial charge in [0, 0.05) is 5.56 Å². The summed E-state index contributed by atoms with van der Waals surface area (Å²) in [7, 11) is 5.94. The maximum absolute atomic E-state index is 11.8. The van der Waals surface area contributed by atoms with Crippen LogP contribution >= 0.6 is 0 Å². The minimum Gasteiger partial charge on any atom is -0.507 e. The molecule has 0 aliphatic heterocycles. The van der Waals surface area contributed by atoms with Gasteiger partial charge in [0.25, 0.3) is 0 Å². The van der Waals surface area contributed by atoms with Crippen LogP contribution in [0.1, 0.15) is 10.4 Å². The van der Waals surface area contributed by atoms with Crippen molar-refractivity contribution in [3.05, 3.63) is 48.0 Å². The highest BCUT2D eigenvalue weighted by molar-refractivity contribution is 6.03. The number of rotatable bonds is 5. The fourth-order valence-corrected chi connectivity index (χ4v) is 3.09. The van der Waals surface area contributed by atoms with Gasteiger partial charge in [0.05, 0.1) is 34.0 Å². The Morgan fingerprint density at radius 1 is 0.852 bits per heavy atom. The van der Waals surface area contributed by atoms with Crippen molar-refractivity contribution in [3.63, 3.8) is 0 Å². The van der Waals surface area contributed by atoms with E-state index in [1.165, 1.54) is 28.4 Å². The van der Waals surface area contributed by atoms with E-state index in [1.807, 2.05) is 0 Å². The first-order chi connectivity index (χ1) is 13.0. The lowest BCUT2D eigenvalue weighted by Crippen LogP contribution is -2.00. The highest BCUT2D eigenvalue weighted by atomic mass is 16.5. The van der Waals surface area contributed by atoms with E-state index in [-0.39, 0.29) is 5.75 Å². The van der Waals surface area contributed by atoms with Crippen molar-refractivity contribution in [1.82, 2.24) is 0 Å². The van der Waals surface area contributed by atoms with Crippen LogP contribution < -0.4 is 14.2 Å². The number of phenols is 1. The highest BCUT2D eigenvalue weighted by Crippen LogP contribution is 2.45. The Labute approximate surface area is 156 Å². The molecule has 0 aromatic heterocycles. The summed E-state index contributed by atoms with van der Waals surface area (Å²) >= 11 is 0. The number of fused-ring (bicyclic) bond motifs is 1. The van der Waals surface area contributed by atoms with Gasteiger partial charge in [-0.05, 0) is 46.7 Å². The predicted octanol–water partition coefficient (Wildman–Crippen LogP) is 4.02. The lowest BCUT2D eigenvalue weighted by Gasteiger charge is -2.16. The fourth-order valence-electron chi connectivity index (χ4n) is 3.09. The van der Waals surface area contributed by atoms with Crippen molar-refractivity contribution in [2.45, 2.75) is 0 Å². The van der Waals surface area contributed by atoms with E-state index >= 15 is 0 Å². The molecule has 0 saturated heterocycles. The molecule has 0 unspecified atom stereocenters. The van der Waals surface area contributed by atoms with E-state index in [0.717, 1.165) is 10.8 Å². The number of ether oxygens (including phenoxy) is 4. The third-order valence-electron chi connectivity index (χ3n) is 4.37. The van der Waals surface area contributed by atoms with Gasteiger partial charge in [-0.2, -0.15) is 0 Å². The van der Waals surface area contributed by atoms with E-state index in [0.29, 0.717) is 33.9 Å². The third-order valence-corrected chi connectivity index (χ3v) is 4.37. The lowest BCUT2D eigenvalue weighted by atomic mass is 9.95. The predicted molar refractivity (Wildman–Crippen MR) is 102 cm³/mol. The second kappa shape index (κ2) is 7.45. The number of carbonyl (C=O) groups is 1. The first-order valence-electron chi connectivity index (χ1n) is 8.18. The second-order valence-corrected chi connectivity index (χ2v) is 5.80. The quantitative estimate of drug-likeness (QED) is 0.686. The minimum atomic E-state index is -0.417. The number of hydrogen-bond acceptors (Lipinski definition) is 6.